The Kier molecular flexibility index (Phi) is 7.33. The Hall–Kier alpha value is -2.98. The number of likely N-dealkylation sites (tertiary alicyclic amines) is 1. The van der Waals surface area contributed by atoms with E-state index in [-0.39, 0.29) is 12.0 Å². The van der Waals surface area contributed by atoms with E-state index in [0.29, 0.717) is 46.0 Å². The van der Waals surface area contributed by atoms with Gasteiger partial charge in [-0.3, -0.25) is 4.90 Å². The van der Waals surface area contributed by atoms with Gasteiger partial charge in [0.1, 0.15) is 17.2 Å². The van der Waals surface area contributed by atoms with Crippen LogP contribution >= 0.6 is 23.2 Å². The van der Waals surface area contributed by atoms with Gasteiger partial charge in [-0.05, 0) is 63.0 Å². The predicted molar refractivity (Wildman–Crippen MR) is 151 cm³/mol. The van der Waals surface area contributed by atoms with Gasteiger partial charge in [0, 0.05) is 30.7 Å². The molecular formula is C29H30Cl2FN5O3. The van der Waals surface area contributed by atoms with Crippen molar-refractivity contribution in [2.45, 2.75) is 57.6 Å². The van der Waals surface area contributed by atoms with Crippen LogP contribution in [0.25, 0.3) is 11.2 Å². The molecule has 4 aromatic rings. The van der Waals surface area contributed by atoms with Crippen molar-refractivity contribution in [2.24, 2.45) is 0 Å². The number of piperidine rings is 1. The fourth-order valence-corrected chi connectivity index (χ4v) is 5.93. The zero-order valence-electron chi connectivity index (χ0n) is 22.5. The van der Waals surface area contributed by atoms with Crippen molar-refractivity contribution in [3.63, 3.8) is 0 Å². The number of aromatic nitrogens is 4. The Labute approximate surface area is 242 Å². The van der Waals surface area contributed by atoms with Gasteiger partial charge < -0.3 is 18.8 Å². The summed E-state index contributed by atoms with van der Waals surface area (Å²) >= 11 is 12.0. The van der Waals surface area contributed by atoms with Crippen molar-refractivity contribution in [3.05, 3.63) is 75.4 Å². The van der Waals surface area contributed by atoms with E-state index in [9.17, 15) is 4.39 Å². The molecule has 11 heteroatoms. The molecular weight excluding hydrogens is 556 g/mol. The van der Waals surface area contributed by atoms with Gasteiger partial charge in [0.15, 0.2) is 22.3 Å². The van der Waals surface area contributed by atoms with Crippen molar-refractivity contribution >= 4 is 34.4 Å². The highest BCUT2D eigenvalue weighted by Crippen LogP contribution is 2.49. The van der Waals surface area contributed by atoms with E-state index in [0.717, 1.165) is 42.8 Å². The third-order valence-corrected chi connectivity index (χ3v) is 8.23. The summed E-state index contributed by atoms with van der Waals surface area (Å²) in [7, 11) is 1.69. The second kappa shape index (κ2) is 10.8. The van der Waals surface area contributed by atoms with E-state index in [4.69, 9.17) is 42.4 Å². The summed E-state index contributed by atoms with van der Waals surface area (Å²) in [4.78, 5) is 7.24. The summed E-state index contributed by atoms with van der Waals surface area (Å²) in [6.45, 7) is 6.81. The number of imidazole rings is 1. The minimum Gasteiger partial charge on any atom is -0.444 e. The zero-order valence-corrected chi connectivity index (χ0v) is 24.0. The number of hydrogen-bond donors (Lipinski definition) is 0. The minimum absolute atomic E-state index is 0.00575. The zero-order chi connectivity index (χ0) is 28.0. The Balaban J connectivity index is 1.18. The number of fused-ring (bicyclic) bond motifs is 2. The standard InChI is InChI=1S/C29H30Cl2FN5O3/c1-17(38-3)15-37-26(33-23-14-25(31)34-35-28(23)37)16-36-11-9-18(10-12-36)20-5-4-6-24-27(20)40-29(2,39-24)21-8-7-19(30)13-22(21)32/h4-8,13-14,17-18H,9-12,15-16H2,1-3H3/t17-,29+/m1/s1. The molecule has 0 spiro atoms. The summed E-state index contributed by atoms with van der Waals surface area (Å²) in [5.41, 5.74) is 2.83. The highest BCUT2D eigenvalue weighted by Gasteiger charge is 2.43. The van der Waals surface area contributed by atoms with Crippen LogP contribution in [0.5, 0.6) is 11.5 Å². The average Bonchev–Trinajstić information content (AvgIpc) is 3.45. The lowest BCUT2D eigenvalue weighted by Crippen LogP contribution is -2.34. The highest BCUT2D eigenvalue weighted by molar-refractivity contribution is 6.30. The Morgan fingerprint density at radius 1 is 1.12 bits per heavy atom. The molecule has 1 saturated heterocycles. The van der Waals surface area contributed by atoms with Gasteiger partial charge in [-0.15, -0.1) is 10.2 Å². The van der Waals surface area contributed by atoms with Crippen molar-refractivity contribution in [2.75, 3.05) is 20.2 Å². The number of hydrogen-bond acceptors (Lipinski definition) is 7. The molecule has 4 heterocycles. The van der Waals surface area contributed by atoms with Crippen LogP contribution in [0.1, 0.15) is 49.6 Å². The first-order chi connectivity index (χ1) is 19.2. The third kappa shape index (κ3) is 5.11. The lowest BCUT2D eigenvalue weighted by molar-refractivity contribution is -0.0712. The molecule has 0 radical (unpaired) electrons. The van der Waals surface area contributed by atoms with Gasteiger partial charge in [-0.25, -0.2) is 9.37 Å². The molecule has 2 aliphatic heterocycles. The second-order valence-corrected chi connectivity index (χ2v) is 11.4. The van der Waals surface area contributed by atoms with Crippen LogP contribution in [-0.4, -0.2) is 51.0 Å². The molecule has 0 saturated carbocycles. The van der Waals surface area contributed by atoms with E-state index in [1.54, 1.807) is 32.2 Å². The largest absolute Gasteiger partial charge is 0.444 e. The van der Waals surface area contributed by atoms with Gasteiger partial charge >= 0.3 is 0 Å². The van der Waals surface area contributed by atoms with Gasteiger partial charge in [0.2, 0.25) is 0 Å². The van der Waals surface area contributed by atoms with Crippen molar-refractivity contribution in [3.8, 4) is 11.5 Å². The van der Waals surface area contributed by atoms with Crippen molar-refractivity contribution < 1.29 is 18.6 Å². The van der Waals surface area contributed by atoms with Crippen molar-refractivity contribution in [1.82, 2.24) is 24.6 Å². The summed E-state index contributed by atoms with van der Waals surface area (Å²) in [5.74, 6) is 0.770. The number of methoxy groups -OCH3 is 1. The van der Waals surface area contributed by atoms with Crippen molar-refractivity contribution in [1.29, 1.82) is 0 Å². The van der Waals surface area contributed by atoms with Crippen LogP contribution in [0.4, 0.5) is 4.39 Å². The SMILES string of the molecule is CO[C@H](C)Cn1c(CN2CCC(c3cccc4c3O[C@@](C)(c3ccc(Cl)cc3F)O4)CC2)nc2cc(Cl)nnc21. The molecule has 0 aliphatic carbocycles. The molecule has 8 nitrogen and oxygen atoms in total. The first-order valence-corrected chi connectivity index (χ1v) is 14.1. The molecule has 2 aromatic heterocycles. The molecule has 2 aromatic carbocycles. The topological polar surface area (TPSA) is 74.5 Å². The maximum atomic E-state index is 14.8. The maximum absolute atomic E-state index is 14.8. The number of benzene rings is 2. The van der Waals surface area contributed by atoms with Crippen LogP contribution in [0.15, 0.2) is 42.5 Å². The number of para-hydroxylation sites is 1. The van der Waals surface area contributed by atoms with Crippen LogP contribution in [0, 0.1) is 5.82 Å². The summed E-state index contributed by atoms with van der Waals surface area (Å²) < 4.78 is 34.9. The third-order valence-electron chi connectivity index (χ3n) is 7.81. The van der Waals surface area contributed by atoms with E-state index < -0.39 is 11.6 Å². The summed E-state index contributed by atoms with van der Waals surface area (Å²) in [6.07, 6.45) is 1.87. The lowest BCUT2D eigenvalue weighted by Gasteiger charge is -2.32. The van der Waals surface area contributed by atoms with E-state index in [2.05, 4.69) is 25.7 Å². The Morgan fingerprint density at radius 3 is 2.67 bits per heavy atom. The Bertz CT molecular complexity index is 1560. The maximum Gasteiger partial charge on any atom is 0.278 e. The highest BCUT2D eigenvalue weighted by atomic mass is 35.5. The molecule has 0 bridgehead atoms. The van der Waals surface area contributed by atoms with Crippen LogP contribution in [-0.2, 0) is 23.6 Å². The van der Waals surface area contributed by atoms with E-state index >= 15 is 0 Å². The van der Waals surface area contributed by atoms with Gasteiger partial charge in [-0.2, -0.15) is 0 Å². The number of halogens is 3. The predicted octanol–water partition coefficient (Wildman–Crippen LogP) is 6.33. The normalized spacial score (nSPS) is 20.4. The Morgan fingerprint density at radius 2 is 1.93 bits per heavy atom. The molecule has 0 unspecified atom stereocenters. The molecule has 2 aliphatic rings. The van der Waals surface area contributed by atoms with Crippen LogP contribution < -0.4 is 9.47 Å². The van der Waals surface area contributed by atoms with E-state index in [1.807, 2.05) is 19.1 Å². The number of ether oxygens (including phenoxy) is 3. The van der Waals surface area contributed by atoms with Crippen LogP contribution in [0.3, 0.4) is 0 Å². The number of nitrogens with zero attached hydrogens (tertiary/aromatic N) is 5. The van der Waals surface area contributed by atoms with Gasteiger partial charge in [0.25, 0.3) is 5.79 Å². The molecule has 40 heavy (non-hydrogen) atoms. The fraction of sp³-hybridized carbons (Fsp3) is 0.414. The van der Waals surface area contributed by atoms with Crippen LogP contribution in [0.2, 0.25) is 10.2 Å². The monoisotopic (exact) mass is 585 g/mol. The smallest absolute Gasteiger partial charge is 0.278 e. The molecule has 0 N–H and O–H groups in total. The van der Waals surface area contributed by atoms with Gasteiger partial charge in [-0.1, -0.05) is 35.3 Å². The lowest BCUT2D eigenvalue weighted by atomic mass is 9.88. The fourth-order valence-electron chi connectivity index (χ4n) is 5.63. The first-order valence-electron chi connectivity index (χ1n) is 13.3. The summed E-state index contributed by atoms with van der Waals surface area (Å²) in [6, 6.07) is 12.2. The number of rotatable bonds is 7. The average molecular weight is 586 g/mol. The molecule has 6 rings (SSSR count). The first kappa shape index (κ1) is 27.2. The molecule has 210 valence electrons. The minimum atomic E-state index is -1.27. The summed E-state index contributed by atoms with van der Waals surface area (Å²) in [5, 5.41) is 8.97. The molecule has 2 atom stereocenters. The second-order valence-electron chi connectivity index (χ2n) is 10.6. The van der Waals surface area contributed by atoms with E-state index in [1.165, 1.54) is 6.07 Å². The molecule has 1 fully saturated rings. The molecule has 0 amide bonds. The quantitative estimate of drug-likeness (QED) is 0.251. The van der Waals surface area contributed by atoms with Gasteiger partial charge in [0.05, 0.1) is 24.8 Å².